The maximum Gasteiger partial charge on any atom is 0.144 e. The Morgan fingerprint density at radius 1 is 1.19 bits per heavy atom. The summed E-state index contributed by atoms with van der Waals surface area (Å²) in [6.07, 6.45) is 0.0658. The quantitative estimate of drug-likeness (QED) is 0.850. The van der Waals surface area contributed by atoms with Crippen LogP contribution in [0.5, 0.6) is 5.75 Å². The van der Waals surface area contributed by atoms with Crippen LogP contribution in [0.2, 0.25) is 0 Å². The van der Waals surface area contributed by atoms with Gasteiger partial charge in [-0.2, -0.15) is 0 Å². The van der Waals surface area contributed by atoms with Crippen LogP contribution in [-0.4, -0.2) is 13.2 Å². The lowest BCUT2D eigenvalue weighted by Crippen LogP contribution is -2.17. The van der Waals surface area contributed by atoms with Gasteiger partial charge in [-0.25, -0.2) is 4.39 Å². The second kappa shape index (κ2) is 6.48. The number of hydrogen-bond acceptors (Lipinski definition) is 3. The third-order valence-corrected chi connectivity index (χ3v) is 3.11. The van der Waals surface area contributed by atoms with E-state index in [1.54, 1.807) is 12.1 Å². The maximum absolute atomic E-state index is 13.2. The summed E-state index contributed by atoms with van der Waals surface area (Å²) in [5, 5.41) is 0. The minimum Gasteiger partial charge on any atom is -0.489 e. The summed E-state index contributed by atoms with van der Waals surface area (Å²) >= 11 is 0. The molecule has 0 aliphatic rings. The smallest absolute Gasteiger partial charge is 0.144 e. The van der Waals surface area contributed by atoms with Gasteiger partial charge in [-0.1, -0.05) is 12.1 Å². The van der Waals surface area contributed by atoms with Gasteiger partial charge in [0.1, 0.15) is 11.6 Å². The normalized spacial score (nSPS) is 10.7. The Morgan fingerprint density at radius 3 is 2.62 bits per heavy atom. The molecular formula is C17H21FN2O. The molecule has 2 aromatic carbocycles. The van der Waals surface area contributed by atoms with Gasteiger partial charge in [0.05, 0.1) is 11.8 Å². The fourth-order valence-corrected chi connectivity index (χ4v) is 2.12. The van der Waals surface area contributed by atoms with E-state index in [-0.39, 0.29) is 11.9 Å². The number of nitrogens with zero attached hydrogens (tertiary/aromatic N) is 1. The zero-order valence-electron chi connectivity index (χ0n) is 12.6. The molecule has 4 heteroatoms. The van der Waals surface area contributed by atoms with E-state index >= 15 is 0 Å². The first-order chi connectivity index (χ1) is 9.95. The van der Waals surface area contributed by atoms with Gasteiger partial charge in [-0.05, 0) is 43.7 Å². The molecule has 21 heavy (non-hydrogen) atoms. The van der Waals surface area contributed by atoms with Crippen molar-refractivity contribution in [2.75, 3.05) is 17.7 Å². The molecule has 2 rings (SSSR count). The Hall–Kier alpha value is -2.23. The van der Waals surface area contributed by atoms with Crippen molar-refractivity contribution in [3.8, 4) is 5.75 Å². The van der Waals surface area contributed by atoms with Crippen molar-refractivity contribution in [1.82, 2.24) is 0 Å². The highest BCUT2D eigenvalue weighted by atomic mass is 19.1. The molecule has 3 nitrogen and oxygen atoms in total. The van der Waals surface area contributed by atoms with Crippen molar-refractivity contribution < 1.29 is 9.13 Å². The number of ether oxygens (including phenoxy) is 1. The fraction of sp³-hybridized carbons (Fsp3) is 0.294. The van der Waals surface area contributed by atoms with Crippen molar-refractivity contribution in [2.45, 2.75) is 26.5 Å². The molecule has 0 aromatic heterocycles. The van der Waals surface area contributed by atoms with Crippen LogP contribution in [-0.2, 0) is 6.54 Å². The van der Waals surface area contributed by atoms with E-state index in [0.29, 0.717) is 18.0 Å². The molecule has 0 aliphatic carbocycles. The van der Waals surface area contributed by atoms with E-state index in [9.17, 15) is 4.39 Å². The molecule has 0 atom stereocenters. The number of anilines is 2. The van der Waals surface area contributed by atoms with Crippen LogP contribution in [0, 0.1) is 5.82 Å². The zero-order chi connectivity index (χ0) is 15.4. The number of nitrogen functional groups attached to an aromatic ring is 1. The van der Waals surface area contributed by atoms with E-state index in [0.717, 1.165) is 11.3 Å². The summed E-state index contributed by atoms with van der Waals surface area (Å²) < 4.78 is 18.9. The van der Waals surface area contributed by atoms with Gasteiger partial charge in [-0.15, -0.1) is 0 Å². The Kier molecular flexibility index (Phi) is 4.68. The first-order valence-electron chi connectivity index (χ1n) is 6.97. The summed E-state index contributed by atoms with van der Waals surface area (Å²) in [6, 6.07) is 12.3. The minimum absolute atomic E-state index is 0.0658. The van der Waals surface area contributed by atoms with Crippen molar-refractivity contribution in [3.05, 3.63) is 53.8 Å². The molecule has 2 N–H and O–H groups in total. The van der Waals surface area contributed by atoms with Gasteiger partial charge in [-0.3, -0.25) is 0 Å². The predicted octanol–water partition coefficient (Wildman–Crippen LogP) is 3.83. The van der Waals surface area contributed by atoms with Crippen molar-refractivity contribution in [2.24, 2.45) is 0 Å². The summed E-state index contributed by atoms with van der Waals surface area (Å²) in [5.74, 6) is 0.454. The molecule has 0 bridgehead atoms. The van der Waals surface area contributed by atoms with Gasteiger partial charge in [0.2, 0.25) is 0 Å². The average Bonchev–Trinajstić information content (AvgIpc) is 2.40. The number of hydrogen-bond donors (Lipinski definition) is 1. The molecule has 0 radical (unpaired) electrons. The first-order valence-corrected chi connectivity index (χ1v) is 6.97. The SMILES string of the molecule is CC(C)Oc1cc(N(C)Cc2cccc(F)c2)ccc1N. The van der Waals surface area contributed by atoms with Crippen molar-refractivity contribution in [3.63, 3.8) is 0 Å². The highest BCUT2D eigenvalue weighted by molar-refractivity contribution is 5.62. The number of nitrogens with two attached hydrogens (primary N) is 1. The molecule has 112 valence electrons. The van der Waals surface area contributed by atoms with Crippen molar-refractivity contribution in [1.29, 1.82) is 0 Å². The molecule has 0 fully saturated rings. The van der Waals surface area contributed by atoms with Crippen LogP contribution in [0.3, 0.4) is 0 Å². The van der Waals surface area contributed by atoms with Gasteiger partial charge < -0.3 is 15.4 Å². The number of rotatable bonds is 5. The summed E-state index contributed by atoms with van der Waals surface area (Å²) in [6.45, 7) is 4.54. The summed E-state index contributed by atoms with van der Waals surface area (Å²) in [5.41, 5.74) is 8.43. The van der Waals surface area contributed by atoms with E-state index < -0.39 is 0 Å². The molecule has 0 saturated heterocycles. The molecule has 0 aliphatic heterocycles. The van der Waals surface area contributed by atoms with Crippen LogP contribution in [0.15, 0.2) is 42.5 Å². The molecular weight excluding hydrogens is 267 g/mol. The second-order valence-corrected chi connectivity index (χ2v) is 5.37. The minimum atomic E-state index is -0.220. The Balaban J connectivity index is 2.17. The van der Waals surface area contributed by atoms with E-state index in [1.807, 2.05) is 50.1 Å². The number of halogens is 1. The largest absolute Gasteiger partial charge is 0.489 e. The average molecular weight is 288 g/mol. The zero-order valence-corrected chi connectivity index (χ0v) is 12.6. The van der Waals surface area contributed by atoms with Gasteiger partial charge in [0.15, 0.2) is 0 Å². The van der Waals surface area contributed by atoms with Crippen LogP contribution in [0.4, 0.5) is 15.8 Å². The lowest BCUT2D eigenvalue weighted by atomic mass is 10.2. The van der Waals surface area contributed by atoms with Gasteiger partial charge in [0, 0.05) is 25.3 Å². The monoisotopic (exact) mass is 288 g/mol. The van der Waals surface area contributed by atoms with E-state index in [4.69, 9.17) is 10.5 Å². The van der Waals surface area contributed by atoms with Crippen LogP contribution >= 0.6 is 0 Å². The van der Waals surface area contributed by atoms with Crippen molar-refractivity contribution >= 4 is 11.4 Å². The molecule has 0 amide bonds. The highest BCUT2D eigenvalue weighted by Crippen LogP contribution is 2.28. The predicted molar refractivity (Wildman–Crippen MR) is 85.1 cm³/mol. The van der Waals surface area contributed by atoms with Crippen LogP contribution < -0.4 is 15.4 Å². The Bertz CT molecular complexity index is 613. The lowest BCUT2D eigenvalue weighted by molar-refractivity contribution is 0.244. The second-order valence-electron chi connectivity index (χ2n) is 5.37. The van der Waals surface area contributed by atoms with Crippen LogP contribution in [0.1, 0.15) is 19.4 Å². The topological polar surface area (TPSA) is 38.5 Å². The molecule has 2 aromatic rings. The van der Waals surface area contributed by atoms with Gasteiger partial charge >= 0.3 is 0 Å². The van der Waals surface area contributed by atoms with Crippen LogP contribution in [0.25, 0.3) is 0 Å². The third kappa shape index (κ3) is 4.12. The highest BCUT2D eigenvalue weighted by Gasteiger charge is 2.08. The van der Waals surface area contributed by atoms with Gasteiger partial charge in [0.25, 0.3) is 0 Å². The first kappa shape index (κ1) is 15.2. The Morgan fingerprint density at radius 2 is 1.95 bits per heavy atom. The summed E-state index contributed by atoms with van der Waals surface area (Å²) in [7, 11) is 1.95. The van der Waals surface area contributed by atoms with E-state index in [1.165, 1.54) is 6.07 Å². The molecule has 0 spiro atoms. The maximum atomic E-state index is 13.2. The Labute approximate surface area is 125 Å². The lowest BCUT2D eigenvalue weighted by Gasteiger charge is -2.21. The fourth-order valence-electron chi connectivity index (χ4n) is 2.12. The molecule has 0 saturated carbocycles. The standard InChI is InChI=1S/C17H21FN2O/c1-12(2)21-17-10-15(7-8-16(17)19)20(3)11-13-5-4-6-14(18)9-13/h4-10,12H,11,19H2,1-3H3. The molecule has 0 unspecified atom stereocenters. The van der Waals surface area contributed by atoms with E-state index in [2.05, 4.69) is 0 Å². The molecule has 0 heterocycles. The summed E-state index contributed by atoms with van der Waals surface area (Å²) in [4.78, 5) is 2.03. The third-order valence-electron chi connectivity index (χ3n) is 3.11. The number of benzene rings is 2.